The maximum atomic E-state index is 12.1. The van der Waals surface area contributed by atoms with Gasteiger partial charge in [-0.05, 0) is 32.0 Å². The van der Waals surface area contributed by atoms with Crippen LogP contribution in [0, 0.1) is 5.92 Å². The van der Waals surface area contributed by atoms with Crippen LogP contribution in [0.4, 0.5) is 0 Å². The van der Waals surface area contributed by atoms with Crippen LogP contribution >= 0.6 is 0 Å². The number of ether oxygens (including phenoxy) is 1. The number of pyridine rings is 1. The number of hydrogen-bond acceptors (Lipinski definition) is 4. The number of methoxy groups -OCH3 is 1. The van der Waals surface area contributed by atoms with Gasteiger partial charge in [-0.25, -0.2) is 0 Å². The molecule has 0 aliphatic carbocycles. The molecule has 0 aromatic carbocycles. The van der Waals surface area contributed by atoms with Crippen molar-refractivity contribution in [2.24, 2.45) is 5.92 Å². The first kappa shape index (κ1) is 11.1. The standard InChI is InChI=1S/C12H16N2O2/c1-16-11-6-10(7-14-8-11)12(15)9-2-4-13-5-3-9/h6-9,13H,2-5H2,1H3. The Bertz CT molecular complexity index is 373. The summed E-state index contributed by atoms with van der Waals surface area (Å²) in [4.78, 5) is 16.2. The smallest absolute Gasteiger partial charge is 0.167 e. The molecule has 2 rings (SSSR count). The summed E-state index contributed by atoms with van der Waals surface area (Å²) in [6.45, 7) is 1.85. The van der Waals surface area contributed by atoms with Gasteiger partial charge >= 0.3 is 0 Å². The van der Waals surface area contributed by atoms with E-state index in [-0.39, 0.29) is 11.7 Å². The van der Waals surface area contributed by atoms with Crippen LogP contribution in [0.2, 0.25) is 0 Å². The number of aromatic nitrogens is 1. The van der Waals surface area contributed by atoms with Crippen LogP contribution in [0.1, 0.15) is 23.2 Å². The molecule has 0 bridgehead atoms. The van der Waals surface area contributed by atoms with Crippen molar-refractivity contribution in [2.75, 3.05) is 20.2 Å². The molecule has 0 spiro atoms. The molecule has 0 amide bonds. The Hall–Kier alpha value is -1.42. The molecule has 0 radical (unpaired) electrons. The monoisotopic (exact) mass is 220 g/mol. The molecule has 2 heterocycles. The van der Waals surface area contributed by atoms with E-state index in [1.807, 2.05) is 0 Å². The Morgan fingerprint density at radius 1 is 1.44 bits per heavy atom. The van der Waals surface area contributed by atoms with E-state index in [0.717, 1.165) is 25.9 Å². The summed E-state index contributed by atoms with van der Waals surface area (Å²) in [5.41, 5.74) is 0.659. The zero-order valence-electron chi connectivity index (χ0n) is 9.40. The van der Waals surface area contributed by atoms with E-state index < -0.39 is 0 Å². The van der Waals surface area contributed by atoms with E-state index in [9.17, 15) is 4.79 Å². The number of hydrogen-bond donors (Lipinski definition) is 1. The summed E-state index contributed by atoms with van der Waals surface area (Å²) in [6.07, 6.45) is 5.05. The topological polar surface area (TPSA) is 51.2 Å². The van der Waals surface area contributed by atoms with Crippen LogP contribution in [0.25, 0.3) is 0 Å². The van der Waals surface area contributed by atoms with Crippen molar-refractivity contribution in [1.29, 1.82) is 0 Å². The van der Waals surface area contributed by atoms with Crippen LogP contribution in [0.15, 0.2) is 18.5 Å². The molecule has 0 unspecified atom stereocenters. The molecule has 1 N–H and O–H groups in total. The lowest BCUT2D eigenvalue weighted by molar-refractivity contribution is 0.0894. The van der Waals surface area contributed by atoms with Gasteiger partial charge in [0.1, 0.15) is 5.75 Å². The summed E-state index contributed by atoms with van der Waals surface area (Å²) >= 11 is 0. The normalized spacial score (nSPS) is 17.1. The quantitative estimate of drug-likeness (QED) is 0.779. The van der Waals surface area contributed by atoms with Gasteiger partial charge in [0.25, 0.3) is 0 Å². The van der Waals surface area contributed by atoms with Crippen molar-refractivity contribution in [1.82, 2.24) is 10.3 Å². The second kappa shape index (κ2) is 5.07. The number of Topliss-reactive ketones (excluding diaryl/α,β-unsaturated/α-hetero) is 1. The highest BCUT2D eigenvalue weighted by atomic mass is 16.5. The molecule has 1 aromatic rings. The molecular weight excluding hydrogens is 204 g/mol. The van der Waals surface area contributed by atoms with E-state index in [2.05, 4.69) is 10.3 Å². The molecule has 1 aliphatic rings. The minimum absolute atomic E-state index is 0.134. The molecule has 0 atom stereocenters. The fourth-order valence-electron chi connectivity index (χ4n) is 1.99. The number of carbonyl (C=O) groups excluding carboxylic acids is 1. The maximum Gasteiger partial charge on any atom is 0.167 e. The SMILES string of the molecule is COc1cncc(C(=O)C2CCNCC2)c1. The van der Waals surface area contributed by atoms with Crippen molar-refractivity contribution in [2.45, 2.75) is 12.8 Å². The van der Waals surface area contributed by atoms with E-state index in [1.165, 1.54) is 0 Å². The predicted molar refractivity (Wildman–Crippen MR) is 60.7 cm³/mol. The summed E-state index contributed by atoms with van der Waals surface area (Å²) < 4.78 is 5.07. The Labute approximate surface area is 95.0 Å². The molecule has 16 heavy (non-hydrogen) atoms. The minimum atomic E-state index is 0.134. The van der Waals surface area contributed by atoms with E-state index in [1.54, 1.807) is 25.6 Å². The first-order valence-corrected chi connectivity index (χ1v) is 5.55. The first-order valence-electron chi connectivity index (χ1n) is 5.55. The van der Waals surface area contributed by atoms with Crippen LogP contribution in [0.3, 0.4) is 0 Å². The summed E-state index contributed by atoms with van der Waals surface area (Å²) in [5.74, 6) is 0.961. The molecule has 1 aromatic heterocycles. The van der Waals surface area contributed by atoms with Crippen LogP contribution < -0.4 is 10.1 Å². The number of carbonyl (C=O) groups is 1. The van der Waals surface area contributed by atoms with E-state index in [4.69, 9.17) is 4.74 Å². The lowest BCUT2D eigenvalue weighted by Gasteiger charge is -2.21. The molecule has 0 saturated carbocycles. The van der Waals surface area contributed by atoms with E-state index in [0.29, 0.717) is 11.3 Å². The largest absolute Gasteiger partial charge is 0.495 e. The molecule has 1 fully saturated rings. The van der Waals surface area contributed by atoms with Gasteiger partial charge in [0.05, 0.1) is 13.3 Å². The van der Waals surface area contributed by atoms with Crippen LogP contribution in [-0.4, -0.2) is 31.0 Å². The molecule has 1 aliphatic heterocycles. The summed E-state index contributed by atoms with van der Waals surface area (Å²) in [7, 11) is 1.58. The third-order valence-corrected chi connectivity index (χ3v) is 2.94. The van der Waals surface area contributed by atoms with Crippen molar-refractivity contribution >= 4 is 5.78 Å². The number of nitrogens with one attached hydrogen (secondary N) is 1. The fourth-order valence-corrected chi connectivity index (χ4v) is 1.99. The maximum absolute atomic E-state index is 12.1. The third kappa shape index (κ3) is 2.39. The van der Waals surface area contributed by atoms with Crippen molar-refractivity contribution < 1.29 is 9.53 Å². The van der Waals surface area contributed by atoms with Gasteiger partial charge in [-0.15, -0.1) is 0 Å². The third-order valence-electron chi connectivity index (χ3n) is 2.94. The van der Waals surface area contributed by atoms with Gasteiger partial charge in [-0.2, -0.15) is 0 Å². The van der Waals surface area contributed by atoms with Gasteiger partial charge in [0.2, 0.25) is 0 Å². The first-order chi connectivity index (χ1) is 7.81. The Morgan fingerprint density at radius 2 is 2.19 bits per heavy atom. The van der Waals surface area contributed by atoms with Crippen molar-refractivity contribution in [3.63, 3.8) is 0 Å². The van der Waals surface area contributed by atoms with Gasteiger partial charge in [-0.1, -0.05) is 0 Å². The zero-order chi connectivity index (χ0) is 11.4. The lowest BCUT2D eigenvalue weighted by Crippen LogP contribution is -2.31. The Kier molecular flexibility index (Phi) is 3.51. The molecule has 86 valence electrons. The molecule has 4 heteroatoms. The molecular formula is C12H16N2O2. The number of rotatable bonds is 3. The Morgan fingerprint density at radius 3 is 2.88 bits per heavy atom. The van der Waals surface area contributed by atoms with E-state index >= 15 is 0 Å². The average molecular weight is 220 g/mol. The highest BCUT2D eigenvalue weighted by molar-refractivity contribution is 5.97. The van der Waals surface area contributed by atoms with Crippen molar-refractivity contribution in [3.05, 3.63) is 24.0 Å². The van der Waals surface area contributed by atoms with Crippen LogP contribution in [0.5, 0.6) is 5.75 Å². The summed E-state index contributed by atoms with van der Waals surface area (Å²) in [5, 5.41) is 3.25. The van der Waals surface area contributed by atoms with Gasteiger partial charge < -0.3 is 10.1 Å². The Balaban J connectivity index is 2.12. The van der Waals surface area contributed by atoms with Gasteiger partial charge in [0, 0.05) is 17.7 Å². The highest BCUT2D eigenvalue weighted by Crippen LogP contribution is 2.20. The minimum Gasteiger partial charge on any atom is -0.495 e. The van der Waals surface area contributed by atoms with Gasteiger partial charge in [-0.3, -0.25) is 9.78 Å². The fraction of sp³-hybridized carbons (Fsp3) is 0.500. The molecule has 4 nitrogen and oxygen atoms in total. The lowest BCUT2D eigenvalue weighted by atomic mass is 9.90. The highest BCUT2D eigenvalue weighted by Gasteiger charge is 2.22. The second-order valence-corrected chi connectivity index (χ2v) is 4.00. The number of nitrogens with zero attached hydrogens (tertiary/aromatic N) is 1. The van der Waals surface area contributed by atoms with Crippen molar-refractivity contribution in [3.8, 4) is 5.75 Å². The zero-order valence-corrected chi connectivity index (χ0v) is 9.40. The number of piperidine rings is 1. The second-order valence-electron chi connectivity index (χ2n) is 4.00. The van der Waals surface area contributed by atoms with Crippen LogP contribution in [-0.2, 0) is 0 Å². The van der Waals surface area contributed by atoms with Gasteiger partial charge in [0.15, 0.2) is 5.78 Å². The summed E-state index contributed by atoms with van der Waals surface area (Å²) in [6, 6.07) is 1.76. The average Bonchev–Trinajstić information content (AvgIpc) is 2.39. The predicted octanol–water partition coefficient (Wildman–Crippen LogP) is 1.27. The number of ketones is 1. The molecule has 1 saturated heterocycles.